The summed E-state index contributed by atoms with van der Waals surface area (Å²) >= 11 is 0. The number of carbonyl (C=O) groups excluding carboxylic acids is 1. The van der Waals surface area contributed by atoms with Gasteiger partial charge in [-0.1, -0.05) is 0 Å². The van der Waals surface area contributed by atoms with Crippen LogP contribution in [0.25, 0.3) is 22.6 Å². The number of rotatable bonds is 3. The van der Waals surface area contributed by atoms with Gasteiger partial charge in [0.25, 0.3) is 5.56 Å². The fourth-order valence-corrected chi connectivity index (χ4v) is 3.15. The first-order valence-corrected chi connectivity index (χ1v) is 8.39. The van der Waals surface area contributed by atoms with Crippen molar-refractivity contribution in [1.29, 1.82) is 0 Å². The lowest BCUT2D eigenvalue weighted by Gasteiger charge is -2.07. The zero-order valence-electron chi connectivity index (χ0n) is 15.0. The zero-order valence-corrected chi connectivity index (χ0v) is 15.0. The Kier molecular flexibility index (Phi) is 3.72. The van der Waals surface area contributed by atoms with E-state index in [1.54, 1.807) is 48.8 Å². The summed E-state index contributed by atoms with van der Waals surface area (Å²) in [5.41, 5.74) is 1.66. The Morgan fingerprint density at radius 2 is 1.93 bits per heavy atom. The fourth-order valence-electron chi connectivity index (χ4n) is 3.15. The van der Waals surface area contributed by atoms with E-state index < -0.39 is 11.2 Å². The van der Waals surface area contributed by atoms with Crippen LogP contribution in [-0.4, -0.2) is 36.1 Å². The van der Waals surface area contributed by atoms with E-state index in [4.69, 9.17) is 4.74 Å². The number of carbonyl (C=O) groups is 1. The van der Waals surface area contributed by atoms with E-state index in [1.807, 2.05) is 11.5 Å². The van der Waals surface area contributed by atoms with Gasteiger partial charge in [-0.15, -0.1) is 0 Å². The number of imidazole rings is 2. The summed E-state index contributed by atoms with van der Waals surface area (Å²) in [5, 5.41) is 0. The fraction of sp³-hybridized carbons (Fsp3) is 0.222. The van der Waals surface area contributed by atoms with Gasteiger partial charge in [0.05, 0.1) is 12.2 Å². The van der Waals surface area contributed by atoms with Crippen molar-refractivity contribution in [3.8, 4) is 5.69 Å². The minimum Gasteiger partial charge on any atom is -0.462 e. The van der Waals surface area contributed by atoms with Gasteiger partial charge in [-0.2, -0.15) is 4.98 Å². The molecule has 0 radical (unpaired) electrons. The van der Waals surface area contributed by atoms with Gasteiger partial charge in [0.15, 0.2) is 11.2 Å². The lowest BCUT2D eigenvalue weighted by Crippen LogP contribution is -2.28. The Labute approximate surface area is 152 Å². The number of aryl methyl sites for hydroxylation is 2. The zero-order chi connectivity index (χ0) is 19.3. The van der Waals surface area contributed by atoms with E-state index in [0.717, 1.165) is 11.4 Å². The van der Waals surface area contributed by atoms with Crippen molar-refractivity contribution in [3.05, 3.63) is 62.6 Å². The molecule has 0 unspecified atom stereocenters. The molecule has 0 atom stereocenters. The number of esters is 1. The van der Waals surface area contributed by atoms with E-state index in [0.29, 0.717) is 29.1 Å². The van der Waals surface area contributed by atoms with Crippen molar-refractivity contribution in [2.24, 2.45) is 7.05 Å². The van der Waals surface area contributed by atoms with Crippen LogP contribution in [0.3, 0.4) is 0 Å². The number of aromatic nitrogens is 5. The number of nitrogens with one attached hydrogen (secondary N) is 1. The highest BCUT2D eigenvalue weighted by molar-refractivity contribution is 5.89. The van der Waals surface area contributed by atoms with Gasteiger partial charge < -0.3 is 4.74 Å². The molecule has 0 bridgehead atoms. The number of hydrogen-bond acceptors (Lipinski definition) is 5. The van der Waals surface area contributed by atoms with Crippen LogP contribution in [0.2, 0.25) is 0 Å². The minimum absolute atomic E-state index is 0.302. The maximum absolute atomic E-state index is 12.3. The third-order valence-electron chi connectivity index (χ3n) is 4.44. The van der Waals surface area contributed by atoms with Gasteiger partial charge in [-0.25, -0.2) is 9.59 Å². The van der Waals surface area contributed by atoms with Crippen molar-refractivity contribution >= 4 is 22.9 Å². The monoisotopic (exact) mass is 367 g/mol. The molecule has 27 heavy (non-hydrogen) atoms. The molecule has 4 aromatic rings. The van der Waals surface area contributed by atoms with Crippen LogP contribution < -0.4 is 11.2 Å². The van der Waals surface area contributed by atoms with Crippen LogP contribution in [0.5, 0.6) is 0 Å². The second kappa shape index (κ2) is 5.97. The van der Waals surface area contributed by atoms with E-state index in [2.05, 4.69) is 9.97 Å². The van der Waals surface area contributed by atoms with E-state index in [9.17, 15) is 14.4 Å². The molecule has 0 fully saturated rings. The highest BCUT2D eigenvalue weighted by Crippen LogP contribution is 2.21. The molecule has 3 aromatic heterocycles. The first-order valence-electron chi connectivity index (χ1n) is 8.39. The van der Waals surface area contributed by atoms with Crippen molar-refractivity contribution < 1.29 is 9.53 Å². The highest BCUT2D eigenvalue weighted by atomic mass is 16.5. The molecule has 0 aliphatic rings. The van der Waals surface area contributed by atoms with Crippen LogP contribution in [0.1, 0.15) is 23.0 Å². The molecule has 0 amide bonds. The topological polar surface area (TPSA) is 103 Å². The third-order valence-corrected chi connectivity index (χ3v) is 4.44. The Morgan fingerprint density at radius 1 is 1.22 bits per heavy atom. The molecule has 1 N–H and O–H groups in total. The quantitative estimate of drug-likeness (QED) is 0.547. The van der Waals surface area contributed by atoms with Crippen LogP contribution in [-0.2, 0) is 11.8 Å². The number of aromatic amines is 1. The normalized spacial score (nSPS) is 11.4. The van der Waals surface area contributed by atoms with Crippen molar-refractivity contribution in [2.45, 2.75) is 13.8 Å². The highest BCUT2D eigenvalue weighted by Gasteiger charge is 2.18. The first kappa shape index (κ1) is 16.8. The molecule has 0 aliphatic heterocycles. The predicted octanol–water partition coefficient (Wildman–Crippen LogP) is 1.15. The molecule has 4 rings (SSSR count). The van der Waals surface area contributed by atoms with Crippen LogP contribution in [0.15, 0.2) is 40.1 Å². The summed E-state index contributed by atoms with van der Waals surface area (Å²) in [6, 6.07) is 6.91. The Bertz CT molecular complexity index is 1300. The molecule has 0 saturated heterocycles. The van der Waals surface area contributed by atoms with E-state index in [1.165, 1.54) is 4.57 Å². The molecule has 138 valence electrons. The average molecular weight is 367 g/mol. The molecule has 1 aromatic carbocycles. The summed E-state index contributed by atoms with van der Waals surface area (Å²) in [7, 11) is 1.55. The van der Waals surface area contributed by atoms with E-state index in [-0.39, 0.29) is 5.97 Å². The number of fused-ring (bicyclic) bond motifs is 3. The minimum atomic E-state index is -0.518. The second-order valence-corrected chi connectivity index (χ2v) is 6.15. The lowest BCUT2D eigenvalue weighted by atomic mass is 10.2. The summed E-state index contributed by atoms with van der Waals surface area (Å²) in [6.45, 7) is 3.95. The summed E-state index contributed by atoms with van der Waals surface area (Å²) in [4.78, 5) is 42.7. The summed E-state index contributed by atoms with van der Waals surface area (Å²) in [6.07, 6.45) is 1.78. The molecule has 0 aliphatic carbocycles. The molecule has 3 heterocycles. The number of benzene rings is 1. The Morgan fingerprint density at radius 3 is 2.59 bits per heavy atom. The van der Waals surface area contributed by atoms with Crippen molar-refractivity contribution in [2.75, 3.05) is 6.61 Å². The molecule has 9 heteroatoms. The third kappa shape index (κ3) is 2.47. The number of hydrogen-bond donors (Lipinski definition) is 1. The number of H-pyrrole nitrogens is 1. The number of ether oxygens (including phenoxy) is 1. The molecular weight excluding hydrogens is 350 g/mol. The second-order valence-electron chi connectivity index (χ2n) is 6.15. The smallest absolute Gasteiger partial charge is 0.338 e. The van der Waals surface area contributed by atoms with Crippen molar-refractivity contribution in [1.82, 2.24) is 23.5 Å². The van der Waals surface area contributed by atoms with Gasteiger partial charge in [-0.3, -0.25) is 23.3 Å². The molecule has 9 nitrogen and oxygen atoms in total. The Balaban J connectivity index is 1.93. The first-order chi connectivity index (χ1) is 12.9. The van der Waals surface area contributed by atoms with Gasteiger partial charge in [0.1, 0.15) is 0 Å². The van der Waals surface area contributed by atoms with Crippen LogP contribution >= 0.6 is 0 Å². The van der Waals surface area contributed by atoms with Gasteiger partial charge in [-0.05, 0) is 38.1 Å². The van der Waals surface area contributed by atoms with Gasteiger partial charge >= 0.3 is 11.7 Å². The number of nitrogens with zero attached hydrogens (tertiary/aromatic N) is 4. The van der Waals surface area contributed by atoms with E-state index >= 15 is 0 Å². The molecule has 0 spiro atoms. The molecular formula is C18H17N5O4. The summed E-state index contributed by atoms with van der Waals surface area (Å²) < 4.78 is 9.80. The summed E-state index contributed by atoms with van der Waals surface area (Å²) in [5.74, 6) is 0.115. The largest absolute Gasteiger partial charge is 0.462 e. The van der Waals surface area contributed by atoms with Gasteiger partial charge in [0, 0.05) is 24.6 Å². The maximum Gasteiger partial charge on any atom is 0.338 e. The standard InChI is InChI=1S/C18H17N5O4/c1-4-27-16(25)11-5-7-12(8-6-11)23-10(2)9-22-13-14(19-17(22)23)21(3)18(26)20-15(13)24/h5-9H,4H2,1-3H3,(H,20,24,26). The van der Waals surface area contributed by atoms with Crippen LogP contribution in [0.4, 0.5) is 0 Å². The molecule has 0 saturated carbocycles. The van der Waals surface area contributed by atoms with Crippen molar-refractivity contribution in [3.63, 3.8) is 0 Å². The average Bonchev–Trinajstić information content (AvgIpc) is 3.15. The van der Waals surface area contributed by atoms with Crippen LogP contribution in [0, 0.1) is 6.92 Å². The lowest BCUT2D eigenvalue weighted by molar-refractivity contribution is 0.0526. The Hall–Kier alpha value is -3.62. The van der Waals surface area contributed by atoms with Gasteiger partial charge in [0.2, 0.25) is 5.78 Å². The maximum atomic E-state index is 12.3. The predicted molar refractivity (Wildman–Crippen MR) is 98.6 cm³/mol. The SMILES string of the molecule is CCOC(=O)c1ccc(-n2c(C)cn3c4c(=O)[nH]c(=O)n(C)c4nc23)cc1.